The maximum Gasteiger partial charge on any atom is 0.307 e. The predicted molar refractivity (Wildman–Crippen MR) is 130 cm³/mol. The molecule has 0 spiro atoms. The quantitative estimate of drug-likeness (QED) is 0.375. The summed E-state index contributed by atoms with van der Waals surface area (Å²) in [6.07, 6.45) is -0.0859. The Hall–Kier alpha value is -3.64. The van der Waals surface area contributed by atoms with E-state index in [9.17, 15) is 9.90 Å². The Balaban J connectivity index is 1.72. The first-order valence-electron chi connectivity index (χ1n) is 11.1. The normalized spacial score (nSPS) is 12.3. The molecule has 0 amide bonds. The summed E-state index contributed by atoms with van der Waals surface area (Å²) in [5, 5.41) is 15.0. The van der Waals surface area contributed by atoms with Gasteiger partial charge in [0, 0.05) is 23.0 Å². The first-order valence-corrected chi connectivity index (χ1v) is 11.1. The Morgan fingerprint density at radius 1 is 1.03 bits per heavy atom. The molecule has 6 heteroatoms. The first kappa shape index (κ1) is 22.6. The van der Waals surface area contributed by atoms with E-state index in [2.05, 4.69) is 44.2 Å². The highest BCUT2D eigenvalue weighted by Crippen LogP contribution is 2.30. The van der Waals surface area contributed by atoms with Crippen molar-refractivity contribution in [1.29, 1.82) is 0 Å². The van der Waals surface area contributed by atoms with Crippen molar-refractivity contribution in [2.75, 3.05) is 0 Å². The van der Waals surface area contributed by atoms with E-state index in [-0.39, 0.29) is 25.1 Å². The second-order valence-corrected chi connectivity index (χ2v) is 8.60. The SMILES string of the molecule is CC(C)n1nc(COc2ccccc2CC(=O)O)c2cc(-c3cccc([C@H](C)N)c3)ccc21. The van der Waals surface area contributed by atoms with Crippen molar-refractivity contribution in [2.45, 2.75) is 45.9 Å². The molecule has 1 aromatic heterocycles. The van der Waals surface area contributed by atoms with Crippen molar-refractivity contribution in [3.05, 3.63) is 83.6 Å². The van der Waals surface area contributed by atoms with Gasteiger partial charge < -0.3 is 15.6 Å². The van der Waals surface area contributed by atoms with Gasteiger partial charge in [-0.05, 0) is 61.7 Å². The second-order valence-electron chi connectivity index (χ2n) is 8.60. The van der Waals surface area contributed by atoms with Crippen molar-refractivity contribution in [3.63, 3.8) is 0 Å². The van der Waals surface area contributed by atoms with Gasteiger partial charge in [-0.3, -0.25) is 9.48 Å². The standard InChI is InChI=1S/C27H29N3O3/c1-17(2)30-25-12-11-21(20-9-6-8-19(13-20)18(3)28)14-23(25)24(29-30)16-33-26-10-5-4-7-22(26)15-27(31)32/h4-14,17-18H,15-16,28H2,1-3H3,(H,31,32)/t18-/m0/s1. The van der Waals surface area contributed by atoms with Gasteiger partial charge in [-0.2, -0.15) is 5.10 Å². The van der Waals surface area contributed by atoms with Crippen LogP contribution in [0.15, 0.2) is 66.7 Å². The molecule has 4 aromatic rings. The highest BCUT2D eigenvalue weighted by Gasteiger charge is 2.16. The fourth-order valence-electron chi connectivity index (χ4n) is 3.99. The van der Waals surface area contributed by atoms with E-state index in [0.717, 1.165) is 33.3 Å². The summed E-state index contributed by atoms with van der Waals surface area (Å²) < 4.78 is 8.07. The number of nitrogens with two attached hydrogens (primary N) is 1. The van der Waals surface area contributed by atoms with Gasteiger partial charge in [0.15, 0.2) is 0 Å². The monoisotopic (exact) mass is 443 g/mol. The van der Waals surface area contributed by atoms with Gasteiger partial charge in [-0.25, -0.2) is 0 Å². The zero-order valence-electron chi connectivity index (χ0n) is 19.2. The zero-order chi connectivity index (χ0) is 23.5. The van der Waals surface area contributed by atoms with Gasteiger partial charge in [-0.15, -0.1) is 0 Å². The van der Waals surface area contributed by atoms with Gasteiger partial charge in [0.1, 0.15) is 18.1 Å². The number of aliphatic carboxylic acids is 1. The van der Waals surface area contributed by atoms with Gasteiger partial charge >= 0.3 is 5.97 Å². The Morgan fingerprint density at radius 3 is 2.52 bits per heavy atom. The van der Waals surface area contributed by atoms with E-state index >= 15 is 0 Å². The number of fused-ring (bicyclic) bond motifs is 1. The number of carboxylic acid groups (broad SMARTS) is 1. The number of nitrogens with zero attached hydrogens (tertiary/aromatic N) is 2. The van der Waals surface area contributed by atoms with Gasteiger partial charge in [-0.1, -0.05) is 42.5 Å². The summed E-state index contributed by atoms with van der Waals surface area (Å²) in [5.41, 5.74) is 11.8. The van der Waals surface area contributed by atoms with Crippen LogP contribution < -0.4 is 10.5 Å². The molecule has 0 saturated carbocycles. The summed E-state index contributed by atoms with van der Waals surface area (Å²) in [6, 6.07) is 22.0. The number of hydrogen-bond donors (Lipinski definition) is 2. The lowest BCUT2D eigenvalue weighted by molar-refractivity contribution is -0.136. The van der Waals surface area contributed by atoms with Crippen LogP contribution in [0.3, 0.4) is 0 Å². The smallest absolute Gasteiger partial charge is 0.307 e. The first-order chi connectivity index (χ1) is 15.8. The minimum Gasteiger partial charge on any atom is -0.487 e. The maximum atomic E-state index is 11.2. The molecule has 0 aliphatic carbocycles. The van der Waals surface area contributed by atoms with E-state index in [0.29, 0.717) is 11.3 Å². The summed E-state index contributed by atoms with van der Waals surface area (Å²) in [5.74, 6) is -0.327. The third-order valence-corrected chi connectivity index (χ3v) is 5.70. The fourth-order valence-corrected chi connectivity index (χ4v) is 3.99. The van der Waals surface area contributed by atoms with Crippen LogP contribution in [-0.4, -0.2) is 20.9 Å². The Bertz CT molecular complexity index is 1290. The average molecular weight is 444 g/mol. The van der Waals surface area contributed by atoms with E-state index in [1.165, 1.54) is 0 Å². The van der Waals surface area contributed by atoms with Crippen molar-refractivity contribution >= 4 is 16.9 Å². The number of ether oxygens (including phenoxy) is 1. The molecule has 0 unspecified atom stereocenters. The Morgan fingerprint density at radius 2 is 1.79 bits per heavy atom. The van der Waals surface area contributed by atoms with Crippen LogP contribution in [0.2, 0.25) is 0 Å². The largest absolute Gasteiger partial charge is 0.487 e. The Labute approximate surface area is 193 Å². The Kier molecular flexibility index (Phi) is 6.47. The van der Waals surface area contributed by atoms with E-state index in [1.807, 2.05) is 35.9 Å². The van der Waals surface area contributed by atoms with E-state index in [4.69, 9.17) is 15.6 Å². The molecule has 0 aliphatic rings. The molecule has 0 aliphatic heterocycles. The van der Waals surface area contributed by atoms with Crippen molar-refractivity contribution in [3.8, 4) is 16.9 Å². The summed E-state index contributed by atoms with van der Waals surface area (Å²) in [4.78, 5) is 11.2. The topological polar surface area (TPSA) is 90.4 Å². The highest BCUT2D eigenvalue weighted by atomic mass is 16.5. The fraction of sp³-hybridized carbons (Fsp3) is 0.259. The van der Waals surface area contributed by atoms with Crippen molar-refractivity contribution in [1.82, 2.24) is 9.78 Å². The third-order valence-electron chi connectivity index (χ3n) is 5.70. The van der Waals surface area contributed by atoms with Crippen molar-refractivity contribution < 1.29 is 14.6 Å². The molecule has 0 fully saturated rings. The number of carboxylic acids is 1. The van der Waals surface area contributed by atoms with E-state index in [1.54, 1.807) is 12.1 Å². The lowest BCUT2D eigenvalue weighted by atomic mass is 9.99. The van der Waals surface area contributed by atoms with Crippen LogP contribution in [0.4, 0.5) is 0 Å². The van der Waals surface area contributed by atoms with Crippen LogP contribution >= 0.6 is 0 Å². The van der Waals surface area contributed by atoms with Crippen LogP contribution in [0.1, 0.15) is 49.7 Å². The molecule has 33 heavy (non-hydrogen) atoms. The number of benzene rings is 3. The number of para-hydroxylation sites is 1. The van der Waals surface area contributed by atoms with Crippen LogP contribution in [-0.2, 0) is 17.8 Å². The zero-order valence-corrected chi connectivity index (χ0v) is 19.2. The molecule has 3 aromatic carbocycles. The van der Waals surface area contributed by atoms with Crippen LogP contribution in [0, 0.1) is 0 Å². The van der Waals surface area contributed by atoms with Gasteiger partial charge in [0.05, 0.1) is 11.9 Å². The lowest BCUT2D eigenvalue weighted by Crippen LogP contribution is -2.06. The molecule has 0 radical (unpaired) electrons. The lowest BCUT2D eigenvalue weighted by Gasteiger charge is -2.10. The van der Waals surface area contributed by atoms with Crippen molar-refractivity contribution in [2.24, 2.45) is 5.73 Å². The molecular formula is C27H29N3O3. The molecule has 170 valence electrons. The number of rotatable bonds is 8. The number of aromatic nitrogens is 2. The molecule has 0 saturated heterocycles. The molecule has 1 atom stereocenters. The second kappa shape index (κ2) is 9.46. The summed E-state index contributed by atoms with van der Waals surface area (Å²) in [6.45, 7) is 6.42. The van der Waals surface area contributed by atoms with Gasteiger partial charge in [0.2, 0.25) is 0 Å². The van der Waals surface area contributed by atoms with Gasteiger partial charge in [0.25, 0.3) is 0 Å². The number of carbonyl (C=O) groups is 1. The molecule has 1 heterocycles. The van der Waals surface area contributed by atoms with E-state index < -0.39 is 5.97 Å². The molecule has 6 nitrogen and oxygen atoms in total. The summed E-state index contributed by atoms with van der Waals surface area (Å²) >= 11 is 0. The van der Waals surface area contributed by atoms with Crippen LogP contribution in [0.5, 0.6) is 5.75 Å². The summed E-state index contributed by atoms with van der Waals surface area (Å²) in [7, 11) is 0. The minimum atomic E-state index is -0.890. The predicted octanol–water partition coefficient (Wildman–Crippen LogP) is 5.51. The molecule has 0 bridgehead atoms. The minimum absolute atomic E-state index is 0.0350. The highest BCUT2D eigenvalue weighted by molar-refractivity contribution is 5.87. The van der Waals surface area contributed by atoms with Crippen LogP contribution in [0.25, 0.3) is 22.0 Å². The maximum absolute atomic E-state index is 11.2. The molecule has 3 N–H and O–H groups in total. The third kappa shape index (κ3) is 4.91. The molecule has 4 rings (SSSR count). The molecular weight excluding hydrogens is 414 g/mol. The number of hydrogen-bond acceptors (Lipinski definition) is 4. The average Bonchev–Trinajstić information content (AvgIpc) is 3.16.